The Bertz CT molecular complexity index is 2000. The minimum atomic E-state index is -0.0377. The maximum absolute atomic E-state index is 13.3. The second-order valence-electron chi connectivity index (χ2n) is 8.27. The fourth-order valence-corrected chi connectivity index (χ4v) is 5.91. The van der Waals surface area contributed by atoms with Crippen molar-refractivity contribution in [2.75, 3.05) is 0 Å². The third kappa shape index (κ3) is 1.31. The van der Waals surface area contributed by atoms with E-state index in [-0.39, 0.29) is 16.3 Å². The van der Waals surface area contributed by atoms with E-state index >= 15 is 0 Å². The molecule has 136 valence electrons. The Morgan fingerprint density at radius 1 is 0.300 bits per heavy atom. The van der Waals surface area contributed by atoms with Gasteiger partial charge < -0.3 is 0 Å². The summed E-state index contributed by atoms with van der Waals surface area (Å²) in [5.41, 5.74) is -0.0451. The quantitative estimate of drug-likeness (QED) is 0.370. The first-order valence-corrected chi connectivity index (χ1v) is 9.92. The zero-order valence-corrected chi connectivity index (χ0v) is 15.5. The van der Waals surface area contributed by atoms with Gasteiger partial charge in [-0.1, -0.05) is 36.4 Å². The van der Waals surface area contributed by atoms with Gasteiger partial charge in [0.2, 0.25) is 0 Å². The smallest absolute Gasteiger partial charge is 0.194 e. The number of hydrogen-bond acceptors (Lipinski definition) is 3. The van der Waals surface area contributed by atoms with Crippen molar-refractivity contribution in [1.82, 2.24) is 0 Å². The van der Waals surface area contributed by atoms with E-state index in [0.29, 0.717) is 32.3 Å². The summed E-state index contributed by atoms with van der Waals surface area (Å²) in [6.45, 7) is 0. The predicted octanol–water partition coefficient (Wildman–Crippen LogP) is 5.03. The molecule has 8 rings (SSSR count). The molecule has 0 spiro atoms. The first-order valence-electron chi connectivity index (χ1n) is 9.92. The second-order valence-corrected chi connectivity index (χ2v) is 8.27. The number of hydrogen-bond donors (Lipinski definition) is 0. The van der Waals surface area contributed by atoms with Crippen LogP contribution in [-0.2, 0) is 0 Å². The van der Waals surface area contributed by atoms with Gasteiger partial charge in [0, 0.05) is 64.6 Å². The van der Waals surface area contributed by atoms with Crippen LogP contribution in [-0.4, -0.2) is 0 Å². The molecule has 0 saturated carbocycles. The molecule has 0 aliphatic heterocycles. The zero-order valence-electron chi connectivity index (χ0n) is 15.5. The van der Waals surface area contributed by atoms with E-state index in [1.54, 1.807) is 24.3 Å². The Labute approximate surface area is 167 Å². The fraction of sp³-hybridized carbons (Fsp3) is 0. The molecule has 3 nitrogen and oxygen atoms in total. The molecule has 0 amide bonds. The average Bonchev–Trinajstić information content (AvgIpc) is 3.34. The molecule has 0 saturated heterocycles. The molecule has 0 aliphatic rings. The van der Waals surface area contributed by atoms with E-state index in [1.165, 1.54) is 0 Å². The first kappa shape index (κ1) is 14.8. The van der Waals surface area contributed by atoms with Crippen molar-refractivity contribution in [2.24, 2.45) is 0 Å². The lowest BCUT2D eigenvalue weighted by atomic mass is 9.95. The molecule has 0 unspecified atom stereocenters. The van der Waals surface area contributed by atoms with E-state index in [4.69, 9.17) is 0 Å². The predicted molar refractivity (Wildman–Crippen MR) is 124 cm³/mol. The lowest BCUT2D eigenvalue weighted by molar-refractivity contribution is 1.81. The summed E-state index contributed by atoms with van der Waals surface area (Å²) in [7, 11) is 0. The van der Waals surface area contributed by atoms with Gasteiger partial charge in [0.1, 0.15) is 0 Å². The molecular formula is C27H10O3. The van der Waals surface area contributed by atoms with Crippen molar-refractivity contribution >= 4 is 75.4 Å². The Morgan fingerprint density at radius 3 is 0.933 bits per heavy atom. The van der Waals surface area contributed by atoms with Crippen molar-refractivity contribution in [2.45, 2.75) is 0 Å². The van der Waals surface area contributed by atoms with E-state index < -0.39 is 0 Å². The van der Waals surface area contributed by atoms with Crippen LogP contribution in [0.15, 0.2) is 75.0 Å². The van der Waals surface area contributed by atoms with Crippen molar-refractivity contribution < 1.29 is 0 Å². The summed E-state index contributed by atoms with van der Waals surface area (Å²) in [4.78, 5) is 39.9. The lowest BCUT2D eigenvalue weighted by Gasteiger charge is -2.07. The second kappa shape index (κ2) is 4.39. The van der Waals surface area contributed by atoms with E-state index in [1.807, 2.05) is 36.4 Å². The summed E-state index contributed by atoms with van der Waals surface area (Å²) in [6, 6.07) is 18.7. The van der Waals surface area contributed by atoms with Crippen LogP contribution in [0.5, 0.6) is 0 Å². The van der Waals surface area contributed by atoms with Crippen LogP contribution in [0.3, 0.4) is 0 Å². The van der Waals surface area contributed by atoms with Gasteiger partial charge in [0.05, 0.1) is 0 Å². The van der Waals surface area contributed by atoms with Crippen LogP contribution >= 0.6 is 0 Å². The van der Waals surface area contributed by atoms with Crippen LogP contribution in [0, 0.1) is 0 Å². The largest absolute Gasteiger partial charge is 0.289 e. The van der Waals surface area contributed by atoms with Crippen LogP contribution in [0.4, 0.5) is 0 Å². The summed E-state index contributed by atoms with van der Waals surface area (Å²) in [5, 5.41) is 10.8. The molecule has 30 heavy (non-hydrogen) atoms. The first-order chi connectivity index (χ1) is 14.7. The molecule has 0 fully saturated rings. The maximum atomic E-state index is 13.3. The van der Waals surface area contributed by atoms with Crippen LogP contribution in [0.2, 0.25) is 0 Å². The van der Waals surface area contributed by atoms with E-state index in [2.05, 4.69) is 0 Å². The Morgan fingerprint density at radius 2 is 0.567 bits per heavy atom. The van der Waals surface area contributed by atoms with Crippen molar-refractivity contribution in [1.29, 1.82) is 0 Å². The Balaban J connectivity index is 2.04. The van der Waals surface area contributed by atoms with Crippen molar-refractivity contribution in [3.05, 3.63) is 91.3 Å². The minimum absolute atomic E-state index is 0.00371. The lowest BCUT2D eigenvalue weighted by Crippen LogP contribution is -1.95. The molecule has 0 radical (unpaired) electrons. The van der Waals surface area contributed by atoms with Gasteiger partial charge in [-0.3, -0.25) is 14.4 Å². The highest BCUT2D eigenvalue weighted by molar-refractivity contribution is 6.44. The number of benzene rings is 4. The van der Waals surface area contributed by atoms with Gasteiger partial charge in [0.15, 0.2) is 16.3 Å². The topological polar surface area (TPSA) is 51.2 Å². The summed E-state index contributed by atoms with van der Waals surface area (Å²) in [6.07, 6.45) is 0. The summed E-state index contributed by atoms with van der Waals surface area (Å²) in [5.74, 6) is 0. The van der Waals surface area contributed by atoms with Gasteiger partial charge in [-0.25, -0.2) is 0 Å². The highest BCUT2D eigenvalue weighted by atomic mass is 16.1. The van der Waals surface area contributed by atoms with Crippen molar-refractivity contribution in [3.63, 3.8) is 0 Å². The SMILES string of the molecule is O=c1c2cccc3c4cccc5c(=O)c6ccc7c(=O)c8ccc1c(c23)c8c7c6c54. The average molecular weight is 382 g/mol. The Kier molecular flexibility index (Phi) is 2.17. The van der Waals surface area contributed by atoms with Crippen molar-refractivity contribution in [3.8, 4) is 0 Å². The van der Waals surface area contributed by atoms with Crippen LogP contribution in [0.25, 0.3) is 75.4 Å². The van der Waals surface area contributed by atoms with Crippen LogP contribution < -0.4 is 16.3 Å². The normalized spacial score (nSPS) is 13.1. The molecular weight excluding hydrogens is 372 g/mol. The van der Waals surface area contributed by atoms with E-state index in [9.17, 15) is 14.4 Å². The van der Waals surface area contributed by atoms with Gasteiger partial charge in [-0.15, -0.1) is 0 Å². The van der Waals surface area contributed by atoms with Gasteiger partial charge in [-0.05, 0) is 35.0 Å². The molecule has 0 bridgehead atoms. The minimum Gasteiger partial charge on any atom is -0.289 e. The third-order valence-corrected chi connectivity index (χ3v) is 7.05. The third-order valence-electron chi connectivity index (χ3n) is 7.05. The monoisotopic (exact) mass is 382 g/mol. The highest BCUT2D eigenvalue weighted by Gasteiger charge is 2.25. The fourth-order valence-electron chi connectivity index (χ4n) is 5.91. The summed E-state index contributed by atoms with van der Waals surface area (Å²) >= 11 is 0. The molecule has 8 aromatic carbocycles. The molecule has 0 aliphatic carbocycles. The molecule has 0 atom stereocenters. The standard InChI is InChI=1S/C27H10O3/c28-25-13-5-1-3-11-12-4-2-6-14-20(12)22-16(26(14)29)8-10-18-24(22)23-17(27(18)30)9-7-15(25)21(23)19(11)13/h1-10H. The summed E-state index contributed by atoms with van der Waals surface area (Å²) < 4.78 is 0. The molecule has 3 heteroatoms. The molecule has 0 aromatic heterocycles. The van der Waals surface area contributed by atoms with Crippen LogP contribution in [0.1, 0.15) is 0 Å². The zero-order chi connectivity index (χ0) is 19.9. The maximum Gasteiger partial charge on any atom is 0.194 e. The highest BCUT2D eigenvalue weighted by Crippen LogP contribution is 2.45. The molecule has 0 N–H and O–H groups in total. The van der Waals surface area contributed by atoms with Gasteiger partial charge in [-0.2, -0.15) is 0 Å². The van der Waals surface area contributed by atoms with Gasteiger partial charge >= 0.3 is 0 Å². The van der Waals surface area contributed by atoms with Gasteiger partial charge in [0.25, 0.3) is 0 Å². The Hall–Kier alpha value is -4.11. The van der Waals surface area contributed by atoms with E-state index in [0.717, 1.165) is 43.1 Å². The molecule has 0 heterocycles. The number of rotatable bonds is 0. The molecule has 8 aromatic rings. The number of fused-ring (bicyclic) bond motifs is 1.